The Morgan fingerprint density at radius 3 is 2.71 bits per heavy atom. The van der Waals surface area contributed by atoms with E-state index in [9.17, 15) is 18.8 Å². The van der Waals surface area contributed by atoms with Crippen LogP contribution in [0.2, 0.25) is 0 Å². The third kappa shape index (κ3) is 4.05. The minimum absolute atomic E-state index is 0.109. The van der Waals surface area contributed by atoms with Gasteiger partial charge in [-0.3, -0.25) is 14.4 Å². The normalized spacial score (nSPS) is 15.9. The van der Waals surface area contributed by atoms with Crippen LogP contribution < -0.4 is 10.9 Å². The zero-order chi connectivity index (χ0) is 22.3. The van der Waals surface area contributed by atoms with Gasteiger partial charge in [0.15, 0.2) is 5.78 Å². The van der Waals surface area contributed by atoms with Gasteiger partial charge < -0.3 is 14.9 Å². The topological polar surface area (TPSA) is 96.8 Å². The van der Waals surface area contributed by atoms with Crippen molar-refractivity contribution in [1.82, 2.24) is 19.9 Å². The van der Waals surface area contributed by atoms with Crippen molar-refractivity contribution in [3.8, 4) is 0 Å². The lowest BCUT2D eigenvalue weighted by atomic mass is 9.75. The third-order valence-corrected chi connectivity index (χ3v) is 5.54. The van der Waals surface area contributed by atoms with Crippen LogP contribution in [0.25, 0.3) is 0 Å². The third-order valence-electron chi connectivity index (χ3n) is 5.54. The molecular formula is C23H23FN4O3. The molecule has 1 amide bonds. The molecule has 1 aliphatic carbocycles. The van der Waals surface area contributed by atoms with Crippen molar-refractivity contribution in [2.75, 3.05) is 0 Å². The van der Waals surface area contributed by atoms with E-state index in [4.69, 9.17) is 0 Å². The number of nitrogens with one attached hydrogen (secondary N) is 2. The second kappa shape index (κ2) is 7.61. The summed E-state index contributed by atoms with van der Waals surface area (Å²) >= 11 is 0. The number of hydrogen-bond donors (Lipinski definition) is 2. The average molecular weight is 422 g/mol. The Balaban J connectivity index is 1.72. The lowest BCUT2D eigenvalue weighted by molar-refractivity contribution is 0.0910. The van der Waals surface area contributed by atoms with E-state index in [2.05, 4.69) is 15.3 Å². The summed E-state index contributed by atoms with van der Waals surface area (Å²) in [5.74, 6) is -0.752. The highest BCUT2D eigenvalue weighted by Gasteiger charge is 2.33. The Kier molecular flexibility index (Phi) is 5.08. The SMILES string of the molecule is Cn1ccnc1C(NC(=O)c1cc2c([nH]c1=O)CC(C)(C)CC2=O)c1cccc(F)c1. The molecule has 1 atom stereocenters. The number of fused-ring (bicyclic) bond motifs is 1. The maximum absolute atomic E-state index is 13.9. The number of nitrogens with zero attached hydrogens (tertiary/aromatic N) is 2. The molecule has 7 nitrogen and oxygen atoms in total. The predicted octanol–water partition coefficient (Wildman–Crippen LogP) is 2.92. The summed E-state index contributed by atoms with van der Waals surface area (Å²) in [5, 5.41) is 2.78. The summed E-state index contributed by atoms with van der Waals surface area (Å²) in [4.78, 5) is 45.3. The molecule has 1 aromatic carbocycles. The molecule has 0 saturated heterocycles. The minimum Gasteiger partial charge on any atom is -0.338 e. The lowest BCUT2D eigenvalue weighted by Crippen LogP contribution is -2.37. The molecule has 160 valence electrons. The number of rotatable bonds is 4. The fraction of sp³-hybridized carbons (Fsp3) is 0.304. The molecule has 0 spiro atoms. The summed E-state index contributed by atoms with van der Waals surface area (Å²) in [5.41, 5.74) is 0.408. The first-order chi connectivity index (χ1) is 14.6. The van der Waals surface area contributed by atoms with Crippen LogP contribution in [0.15, 0.2) is 47.5 Å². The summed E-state index contributed by atoms with van der Waals surface area (Å²) in [6.07, 6.45) is 4.16. The van der Waals surface area contributed by atoms with Crippen LogP contribution in [0.3, 0.4) is 0 Å². The molecule has 0 fully saturated rings. The number of carbonyl (C=O) groups excluding carboxylic acids is 2. The van der Waals surface area contributed by atoms with Crippen LogP contribution in [0.1, 0.15) is 64.1 Å². The van der Waals surface area contributed by atoms with Gasteiger partial charge in [-0.05, 0) is 35.6 Å². The largest absolute Gasteiger partial charge is 0.338 e. The summed E-state index contributed by atoms with van der Waals surface area (Å²) < 4.78 is 15.6. The maximum Gasteiger partial charge on any atom is 0.261 e. The number of Topliss-reactive ketones (excluding diaryl/α,β-unsaturated/α-hetero) is 1. The average Bonchev–Trinajstić information content (AvgIpc) is 3.10. The van der Waals surface area contributed by atoms with E-state index in [1.165, 1.54) is 18.2 Å². The molecule has 4 rings (SSSR count). The quantitative estimate of drug-likeness (QED) is 0.676. The molecule has 3 aromatic rings. The summed E-state index contributed by atoms with van der Waals surface area (Å²) in [6.45, 7) is 3.92. The van der Waals surface area contributed by atoms with Gasteiger partial charge in [-0.25, -0.2) is 9.37 Å². The van der Waals surface area contributed by atoms with E-state index in [1.54, 1.807) is 36.1 Å². The predicted molar refractivity (Wildman–Crippen MR) is 112 cm³/mol. The number of amides is 1. The van der Waals surface area contributed by atoms with E-state index in [-0.39, 0.29) is 16.8 Å². The van der Waals surface area contributed by atoms with Gasteiger partial charge >= 0.3 is 0 Å². The van der Waals surface area contributed by atoms with Crippen molar-refractivity contribution in [1.29, 1.82) is 0 Å². The Labute approximate surface area is 178 Å². The Morgan fingerprint density at radius 2 is 2.03 bits per heavy atom. The first-order valence-corrected chi connectivity index (χ1v) is 9.97. The fourth-order valence-corrected chi connectivity index (χ4v) is 4.04. The van der Waals surface area contributed by atoms with E-state index in [0.29, 0.717) is 35.5 Å². The molecular weight excluding hydrogens is 399 g/mol. The van der Waals surface area contributed by atoms with Gasteiger partial charge in [-0.15, -0.1) is 0 Å². The first kappa shape index (κ1) is 20.7. The molecule has 2 N–H and O–H groups in total. The second-order valence-electron chi connectivity index (χ2n) is 8.70. The monoisotopic (exact) mass is 422 g/mol. The van der Waals surface area contributed by atoms with Crippen LogP contribution in [-0.2, 0) is 13.5 Å². The highest BCUT2D eigenvalue weighted by Crippen LogP contribution is 2.33. The van der Waals surface area contributed by atoms with Gasteiger partial charge in [-0.2, -0.15) is 0 Å². The number of halogens is 1. The number of benzene rings is 1. The van der Waals surface area contributed by atoms with Gasteiger partial charge in [0.2, 0.25) is 0 Å². The van der Waals surface area contributed by atoms with E-state index in [1.807, 2.05) is 13.8 Å². The van der Waals surface area contributed by atoms with E-state index >= 15 is 0 Å². The van der Waals surface area contributed by atoms with Crippen molar-refractivity contribution >= 4 is 11.7 Å². The van der Waals surface area contributed by atoms with E-state index in [0.717, 1.165) is 0 Å². The number of ketones is 1. The van der Waals surface area contributed by atoms with Gasteiger partial charge in [0, 0.05) is 37.1 Å². The molecule has 1 aliphatic rings. The number of aromatic amines is 1. The number of aryl methyl sites for hydroxylation is 1. The van der Waals surface area contributed by atoms with Crippen molar-refractivity contribution in [2.45, 2.75) is 32.7 Å². The number of imidazole rings is 1. The Bertz CT molecular complexity index is 1240. The van der Waals surface area contributed by atoms with Crippen LogP contribution in [0.4, 0.5) is 4.39 Å². The molecule has 31 heavy (non-hydrogen) atoms. The van der Waals surface area contributed by atoms with Crippen molar-refractivity contribution in [3.63, 3.8) is 0 Å². The molecule has 2 heterocycles. The number of hydrogen-bond acceptors (Lipinski definition) is 4. The smallest absolute Gasteiger partial charge is 0.261 e. The minimum atomic E-state index is -0.784. The highest BCUT2D eigenvalue weighted by atomic mass is 19.1. The van der Waals surface area contributed by atoms with Crippen LogP contribution in [0.5, 0.6) is 0 Å². The summed E-state index contributed by atoms with van der Waals surface area (Å²) in [7, 11) is 1.76. The second-order valence-corrected chi connectivity index (χ2v) is 8.70. The van der Waals surface area contributed by atoms with Gasteiger partial charge in [0.25, 0.3) is 11.5 Å². The lowest BCUT2D eigenvalue weighted by Gasteiger charge is -2.29. The Hall–Kier alpha value is -3.55. The molecule has 0 radical (unpaired) electrons. The van der Waals surface area contributed by atoms with Gasteiger partial charge in [0.05, 0.1) is 0 Å². The standard InChI is InChI=1S/C23H23FN4O3/c1-23(2)11-17-15(18(29)12-23)10-16(21(30)26-17)22(31)27-19(20-25-7-8-28(20)3)13-5-4-6-14(24)9-13/h4-10,19H,11-12H2,1-3H3,(H,26,30)(H,27,31). The van der Waals surface area contributed by atoms with Crippen LogP contribution in [-0.4, -0.2) is 26.2 Å². The summed E-state index contributed by atoms with van der Waals surface area (Å²) in [6, 6.07) is 6.41. The van der Waals surface area contributed by atoms with Crippen molar-refractivity contribution in [2.24, 2.45) is 12.5 Å². The van der Waals surface area contributed by atoms with Crippen molar-refractivity contribution < 1.29 is 14.0 Å². The van der Waals surface area contributed by atoms with Crippen molar-refractivity contribution in [3.05, 3.63) is 87.1 Å². The molecule has 2 aromatic heterocycles. The zero-order valence-corrected chi connectivity index (χ0v) is 17.5. The van der Waals surface area contributed by atoms with Crippen LogP contribution >= 0.6 is 0 Å². The molecule has 0 aliphatic heterocycles. The molecule has 0 bridgehead atoms. The number of aromatic nitrogens is 3. The molecule has 0 saturated carbocycles. The van der Waals surface area contributed by atoms with Gasteiger partial charge in [-0.1, -0.05) is 26.0 Å². The maximum atomic E-state index is 13.9. The van der Waals surface area contributed by atoms with Gasteiger partial charge in [0.1, 0.15) is 23.2 Å². The van der Waals surface area contributed by atoms with E-state index < -0.39 is 23.3 Å². The zero-order valence-electron chi connectivity index (χ0n) is 17.5. The number of pyridine rings is 1. The Morgan fingerprint density at radius 1 is 1.26 bits per heavy atom. The number of carbonyl (C=O) groups is 2. The highest BCUT2D eigenvalue weighted by molar-refractivity contribution is 6.02. The first-order valence-electron chi connectivity index (χ1n) is 9.97. The molecule has 1 unspecified atom stereocenters. The van der Waals surface area contributed by atoms with Crippen LogP contribution in [0, 0.1) is 11.2 Å². The molecule has 8 heteroatoms. The number of H-pyrrole nitrogens is 1. The fourth-order valence-electron chi connectivity index (χ4n) is 4.04.